The first-order valence-corrected chi connectivity index (χ1v) is 7.06. The van der Waals surface area contributed by atoms with Crippen LogP contribution in [0, 0.1) is 5.41 Å². The fourth-order valence-electron chi connectivity index (χ4n) is 1.67. The molecule has 0 aromatic carbocycles. The number of carbonyl (C=O) groups excluding carboxylic acids is 1. The smallest absolute Gasteiger partial charge is 0.303 e. The average molecular weight is 272 g/mol. The minimum absolute atomic E-state index is 0.00984. The van der Waals surface area contributed by atoms with Gasteiger partial charge in [0.2, 0.25) is 5.91 Å². The maximum absolute atomic E-state index is 11.4. The van der Waals surface area contributed by atoms with E-state index in [1.165, 1.54) is 0 Å². The Kier molecular flexibility index (Phi) is 9.21. The van der Waals surface area contributed by atoms with Gasteiger partial charge < -0.3 is 15.7 Å². The normalized spacial score (nSPS) is 11.3. The highest BCUT2D eigenvalue weighted by Crippen LogP contribution is 2.25. The molecule has 0 aromatic rings. The number of carboxylic acids is 1. The summed E-state index contributed by atoms with van der Waals surface area (Å²) in [7, 11) is 0. The number of aliphatic carboxylic acids is 1. The van der Waals surface area contributed by atoms with Crippen LogP contribution >= 0.6 is 0 Å². The quantitative estimate of drug-likeness (QED) is 0.501. The van der Waals surface area contributed by atoms with E-state index in [1.54, 1.807) is 0 Å². The van der Waals surface area contributed by atoms with Crippen LogP contribution in [0.3, 0.4) is 0 Å². The van der Waals surface area contributed by atoms with Crippen molar-refractivity contribution < 1.29 is 14.7 Å². The van der Waals surface area contributed by atoms with Crippen LogP contribution in [0.25, 0.3) is 0 Å². The van der Waals surface area contributed by atoms with Gasteiger partial charge in [-0.05, 0) is 31.2 Å². The first kappa shape index (κ1) is 17.9. The number of amides is 1. The van der Waals surface area contributed by atoms with E-state index in [0.717, 1.165) is 32.4 Å². The van der Waals surface area contributed by atoms with Gasteiger partial charge in [-0.15, -0.1) is 0 Å². The highest BCUT2D eigenvalue weighted by molar-refractivity contribution is 5.77. The van der Waals surface area contributed by atoms with Gasteiger partial charge in [-0.25, -0.2) is 0 Å². The summed E-state index contributed by atoms with van der Waals surface area (Å²) >= 11 is 0. The summed E-state index contributed by atoms with van der Waals surface area (Å²) < 4.78 is 0. The Morgan fingerprint density at radius 3 is 2.42 bits per heavy atom. The van der Waals surface area contributed by atoms with Crippen molar-refractivity contribution in [2.45, 2.75) is 52.9 Å². The number of carbonyl (C=O) groups is 2. The minimum Gasteiger partial charge on any atom is -0.481 e. The van der Waals surface area contributed by atoms with Crippen molar-refractivity contribution in [3.8, 4) is 0 Å². The van der Waals surface area contributed by atoms with Crippen LogP contribution in [0.4, 0.5) is 0 Å². The number of hydrogen-bond donors (Lipinski definition) is 3. The summed E-state index contributed by atoms with van der Waals surface area (Å²) in [5, 5.41) is 14.6. The van der Waals surface area contributed by atoms with Crippen molar-refractivity contribution in [2.24, 2.45) is 5.41 Å². The van der Waals surface area contributed by atoms with Crippen molar-refractivity contribution in [3.63, 3.8) is 0 Å². The van der Waals surface area contributed by atoms with E-state index in [2.05, 4.69) is 31.4 Å². The van der Waals surface area contributed by atoms with Gasteiger partial charge in [0.25, 0.3) is 0 Å². The first-order chi connectivity index (χ1) is 8.87. The highest BCUT2D eigenvalue weighted by Gasteiger charge is 2.18. The number of carboxylic acid groups (broad SMARTS) is 1. The molecule has 3 N–H and O–H groups in total. The number of rotatable bonds is 11. The first-order valence-electron chi connectivity index (χ1n) is 7.06. The van der Waals surface area contributed by atoms with Crippen LogP contribution in [0.5, 0.6) is 0 Å². The lowest BCUT2D eigenvalue weighted by atomic mass is 9.84. The summed E-state index contributed by atoms with van der Waals surface area (Å²) in [5.74, 6) is -0.729. The fraction of sp³-hybridized carbons (Fsp3) is 0.857. The van der Waals surface area contributed by atoms with Crippen LogP contribution in [-0.4, -0.2) is 36.6 Å². The second-order valence-electron chi connectivity index (χ2n) is 5.69. The van der Waals surface area contributed by atoms with Crippen LogP contribution in [0.2, 0.25) is 0 Å². The lowest BCUT2D eigenvalue weighted by Crippen LogP contribution is -2.35. The Balaban J connectivity index is 3.61. The molecular weight excluding hydrogens is 244 g/mol. The van der Waals surface area contributed by atoms with Gasteiger partial charge in [-0.2, -0.15) is 0 Å². The predicted octanol–water partition coefficient (Wildman–Crippen LogP) is 1.77. The lowest BCUT2D eigenvalue weighted by Gasteiger charge is -2.23. The van der Waals surface area contributed by atoms with E-state index >= 15 is 0 Å². The fourth-order valence-corrected chi connectivity index (χ4v) is 1.67. The minimum atomic E-state index is -0.753. The second-order valence-corrected chi connectivity index (χ2v) is 5.69. The van der Waals surface area contributed by atoms with E-state index in [0.29, 0.717) is 13.0 Å². The molecule has 0 radical (unpaired) electrons. The largest absolute Gasteiger partial charge is 0.481 e. The molecule has 0 unspecified atom stereocenters. The van der Waals surface area contributed by atoms with Gasteiger partial charge in [0, 0.05) is 13.0 Å². The summed E-state index contributed by atoms with van der Waals surface area (Å²) in [6.07, 6.45) is 3.80. The average Bonchev–Trinajstić information content (AvgIpc) is 2.33. The van der Waals surface area contributed by atoms with E-state index in [9.17, 15) is 9.59 Å². The Labute approximate surface area is 116 Å². The van der Waals surface area contributed by atoms with Crippen LogP contribution in [0.1, 0.15) is 52.9 Å². The molecule has 0 atom stereocenters. The molecule has 5 nitrogen and oxygen atoms in total. The zero-order valence-electron chi connectivity index (χ0n) is 12.4. The van der Waals surface area contributed by atoms with Crippen molar-refractivity contribution in [1.82, 2.24) is 10.6 Å². The topological polar surface area (TPSA) is 78.4 Å². The van der Waals surface area contributed by atoms with Gasteiger partial charge in [-0.3, -0.25) is 9.59 Å². The van der Waals surface area contributed by atoms with E-state index < -0.39 is 5.97 Å². The molecule has 0 aliphatic rings. The highest BCUT2D eigenvalue weighted by atomic mass is 16.4. The van der Waals surface area contributed by atoms with Crippen molar-refractivity contribution in [2.75, 3.05) is 19.6 Å². The van der Waals surface area contributed by atoms with Crippen molar-refractivity contribution in [3.05, 3.63) is 0 Å². The molecule has 5 heteroatoms. The lowest BCUT2D eigenvalue weighted by molar-refractivity contribution is -0.137. The molecule has 0 rings (SSSR count). The van der Waals surface area contributed by atoms with Gasteiger partial charge in [-0.1, -0.05) is 27.2 Å². The molecule has 1 amide bonds. The predicted molar refractivity (Wildman–Crippen MR) is 76.1 cm³/mol. The molecule has 0 bridgehead atoms. The summed E-state index contributed by atoms with van der Waals surface area (Å²) in [6.45, 7) is 8.00. The molecule has 0 aliphatic carbocycles. The molecule has 112 valence electrons. The third kappa shape index (κ3) is 11.7. The summed E-state index contributed by atoms with van der Waals surface area (Å²) in [6, 6.07) is 0. The monoisotopic (exact) mass is 272 g/mol. The van der Waals surface area contributed by atoms with E-state index in [1.807, 2.05) is 0 Å². The molecule has 19 heavy (non-hydrogen) atoms. The van der Waals surface area contributed by atoms with Crippen molar-refractivity contribution >= 4 is 11.9 Å². The summed E-state index contributed by atoms with van der Waals surface area (Å²) in [4.78, 5) is 21.9. The Hall–Kier alpha value is -1.10. The number of hydrogen-bond acceptors (Lipinski definition) is 3. The Morgan fingerprint density at radius 1 is 1.16 bits per heavy atom. The Bertz CT molecular complexity index is 278. The number of unbranched alkanes of at least 4 members (excludes halogenated alkanes) is 1. The van der Waals surface area contributed by atoms with E-state index in [4.69, 9.17) is 5.11 Å². The van der Waals surface area contributed by atoms with Gasteiger partial charge in [0.15, 0.2) is 0 Å². The van der Waals surface area contributed by atoms with Gasteiger partial charge in [0.05, 0.1) is 6.54 Å². The third-order valence-electron chi connectivity index (χ3n) is 3.13. The van der Waals surface area contributed by atoms with Crippen LogP contribution < -0.4 is 10.6 Å². The zero-order valence-corrected chi connectivity index (χ0v) is 12.4. The SMILES string of the molecule is CCCCNC(=O)CNCCC(C)(C)CCC(=O)O. The molecule has 0 saturated carbocycles. The second kappa shape index (κ2) is 9.78. The molecule has 0 spiro atoms. The number of nitrogens with one attached hydrogen (secondary N) is 2. The third-order valence-corrected chi connectivity index (χ3v) is 3.13. The maximum Gasteiger partial charge on any atom is 0.303 e. The van der Waals surface area contributed by atoms with Gasteiger partial charge in [0.1, 0.15) is 0 Å². The van der Waals surface area contributed by atoms with Gasteiger partial charge >= 0.3 is 5.97 Å². The standard InChI is InChI=1S/C14H28N2O3/c1-4-5-9-16-12(17)11-15-10-8-14(2,3)7-6-13(18)19/h15H,4-11H2,1-3H3,(H,16,17)(H,18,19). The molecule has 0 heterocycles. The Morgan fingerprint density at radius 2 is 1.84 bits per heavy atom. The van der Waals surface area contributed by atoms with Crippen LogP contribution in [0.15, 0.2) is 0 Å². The molecular formula is C14H28N2O3. The van der Waals surface area contributed by atoms with Crippen LogP contribution in [-0.2, 0) is 9.59 Å². The maximum atomic E-state index is 11.4. The zero-order chi connectivity index (χ0) is 14.7. The van der Waals surface area contributed by atoms with Crippen molar-refractivity contribution in [1.29, 1.82) is 0 Å². The molecule has 0 aliphatic heterocycles. The summed E-state index contributed by atoms with van der Waals surface area (Å²) in [5.41, 5.74) is -0.00984. The molecule has 0 aromatic heterocycles. The molecule has 0 saturated heterocycles. The molecule has 0 fully saturated rings. The van der Waals surface area contributed by atoms with E-state index in [-0.39, 0.29) is 17.7 Å².